The molecule has 1 fully saturated rings. The van der Waals surface area contributed by atoms with Crippen molar-refractivity contribution in [1.29, 1.82) is 0 Å². The predicted molar refractivity (Wildman–Crippen MR) is 90.6 cm³/mol. The normalized spacial score (nSPS) is 17.1. The van der Waals surface area contributed by atoms with E-state index in [9.17, 15) is 17.6 Å². The van der Waals surface area contributed by atoms with Crippen LogP contribution in [0.25, 0.3) is 6.08 Å². The number of benzene rings is 1. The van der Waals surface area contributed by atoms with Gasteiger partial charge in [0.15, 0.2) is 23.3 Å². The van der Waals surface area contributed by atoms with E-state index in [2.05, 4.69) is 5.32 Å². The van der Waals surface area contributed by atoms with E-state index in [4.69, 9.17) is 4.74 Å². The lowest BCUT2D eigenvalue weighted by atomic mass is 10.1. The minimum Gasteiger partial charge on any atom is -1.00 e. The lowest BCUT2D eigenvalue weighted by Gasteiger charge is -2.16. The summed E-state index contributed by atoms with van der Waals surface area (Å²) in [6, 6.07) is 0. The van der Waals surface area contributed by atoms with Gasteiger partial charge in [-0.15, -0.1) is 0 Å². The van der Waals surface area contributed by atoms with Crippen LogP contribution in [0.1, 0.15) is 32.3 Å². The summed E-state index contributed by atoms with van der Waals surface area (Å²) in [5.41, 5.74) is -1.49. The number of likely N-dealkylation sites (N-methyl/N-ethyl adjacent to an activating group) is 1. The number of halogens is 5. The van der Waals surface area contributed by atoms with Gasteiger partial charge in [-0.3, -0.25) is 0 Å². The maximum Gasteiger partial charge on any atom is 0.185 e. The third-order valence-electron chi connectivity index (χ3n) is 4.37. The van der Waals surface area contributed by atoms with Crippen LogP contribution >= 0.6 is 0 Å². The molecule has 26 heavy (non-hydrogen) atoms. The van der Waals surface area contributed by atoms with E-state index in [1.165, 1.54) is 6.08 Å². The van der Waals surface area contributed by atoms with Crippen molar-refractivity contribution in [3.8, 4) is 0 Å². The summed E-state index contributed by atoms with van der Waals surface area (Å²) >= 11 is 0. The molecule has 1 saturated heterocycles. The summed E-state index contributed by atoms with van der Waals surface area (Å²) in [6.07, 6.45) is 3.97. The Kier molecular flexibility index (Phi) is 9.39. The summed E-state index contributed by atoms with van der Waals surface area (Å²) in [5.74, 6) is -5.63. The molecule has 0 spiro atoms. The molecule has 1 N–H and O–H groups in total. The summed E-state index contributed by atoms with van der Waals surface area (Å²) in [7, 11) is 0. The van der Waals surface area contributed by atoms with Gasteiger partial charge in [0.2, 0.25) is 0 Å². The number of hydrogen-bond acceptors (Lipinski definition) is 3. The number of ether oxygens (including phenoxy) is 1. The molecule has 0 bridgehead atoms. The molecule has 2 rings (SSSR count). The van der Waals surface area contributed by atoms with E-state index in [1.54, 1.807) is 0 Å². The molecule has 1 unspecified atom stereocenters. The van der Waals surface area contributed by atoms with Crippen LogP contribution in [0.2, 0.25) is 0 Å². The fourth-order valence-electron chi connectivity index (χ4n) is 2.77. The fourth-order valence-corrected chi connectivity index (χ4v) is 2.77. The molecule has 3 nitrogen and oxygen atoms in total. The monoisotopic (exact) mass is 395 g/mol. The number of anilines is 1. The quantitative estimate of drug-likeness (QED) is 0.528. The number of hydrogen-bond donors (Lipinski definition) is 1. The molecule has 0 amide bonds. The van der Waals surface area contributed by atoms with Crippen molar-refractivity contribution in [2.45, 2.75) is 32.8 Å². The van der Waals surface area contributed by atoms with Crippen molar-refractivity contribution in [1.82, 2.24) is 4.90 Å². The van der Waals surface area contributed by atoms with Crippen molar-refractivity contribution in [2.24, 2.45) is 0 Å². The number of nitrogens with zero attached hydrogens (tertiary/aromatic N) is 1. The van der Waals surface area contributed by atoms with Gasteiger partial charge in [0.25, 0.3) is 0 Å². The van der Waals surface area contributed by atoms with Gasteiger partial charge in [0.05, 0.1) is 11.7 Å². The molecule has 1 aliphatic heterocycles. The smallest absolute Gasteiger partial charge is 0.185 e. The van der Waals surface area contributed by atoms with Gasteiger partial charge in [-0.25, -0.2) is 17.6 Å². The van der Waals surface area contributed by atoms with Crippen LogP contribution in [-0.4, -0.2) is 43.8 Å². The molecule has 0 saturated carbocycles. The van der Waals surface area contributed by atoms with Crippen molar-refractivity contribution in [2.75, 3.05) is 38.1 Å². The first-order chi connectivity index (χ1) is 12.0. The third kappa shape index (κ3) is 5.34. The van der Waals surface area contributed by atoms with Gasteiger partial charge in [-0.2, -0.15) is 0 Å². The van der Waals surface area contributed by atoms with Gasteiger partial charge in [0, 0.05) is 19.7 Å². The zero-order valence-electron chi connectivity index (χ0n) is 14.9. The second kappa shape index (κ2) is 10.7. The highest BCUT2D eigenvalue weighted by Crippen LogP contribution is 2.29. The highest BCUT2D eigenvalue weighted by molar-refractivity contribution is 5.59. The minimum absolute atomic E-state index is 0. The lowest BCUT2D eigenvalue weighted by Crippen LogP contribution is -3.00. The first-order valence-corrected chi connectivity index (χ1v) is 8.59. The Bertz CT molecular complexity index is 589. The Hall–Kier alpha value is -1.31. The summed E-state index contributed by atoms with van der Waals surface area (Å²) < 4.78 is 62.0. The van der Waals surface area contributed by atoms with Gasteiger partial charge in [-0.05, 0) is 25.9 Å². The van der Waals surface area contributed by atoms with Crippen LogP contribution in [-0.2, 0) is 4.74 Å². The highest BCUT2D eigenvalue weighted by Gasteiger charge is 2.25. The fraction of sp³-hybridized carbons (Fsp3) is 0.556. The maximum absolute atomic E-state index is 14.2. The molecule has 1 heterocycles. The van der Waals surface area contributed by atoms with Crippen molar-refractivity contribution < 1.29 is 34.7 Å². The van der Waals surface area contributed by atoms with E-state index in [-0.39, 0.29) is 25.1 Å². The standard InChI is InChI=1S/C18H24F4N2O.ClH/c1-3-24(4-2)9-5-8-13-14(19)16(21)18(17(22)15(13)20)23-11-12-7-6-10-25-12;/h5,8,12,23H,3-4,6-7,9-11H2,1-2H3;1H/p-1/b8-5+;. The van der Waals surface area contributed by atoms with Crippen molar-refractivity contribution >= 4 is 11.8 Å². The molecule has 1 atom stereocenters. The minimum atomic E-state index is -1.42. The molecule has 1 aromatic carbocycles. The van der Waals surface area contributed by atoms with E-state index in [0.29, 0.717) is 13.2 Å². The zero-order valence-corrected chi connectivity index (χ0v) is 15.7. The Morgan fingerprint density at radius 2 is 1.69 bits per heavy atom. The van der Waals surface area contributed by atoms with Crippen LogP contribution in [0.4, 0.5) is 23.2 Å². The van der Waals surface area contributed by atoms with Gasteiger partial charge in [0.1, 0.15) is 5.69 Å². The molecule has 8 heteroatoms. The molecule has 1 aromatic rings. The average molecular weight is 396 g/mol. The average Bonchev–Trinajstić information content (AvgIpc) is 3.13. The second-order valence-electron chi connectivity index (χ2n) is 5.95. The van der Waals surface area contributed by atoms with E-state index in [1.807, 2.05) is 18.7 Å². The largest absolute Gasteiger partial charge is 1.00 e. The summed E-state index contributed by atoms with van der Waals surface area (Å²) in [5, 5.41) is 2.44. The van der Waals surface area contributed by atoms with E-state index < -0.39 is 34.5 Å². The highest BCUT2D eigenvalue weighted by atomic mass is 35.5. The van der Waals surface area contributed by atoms with Gasteiger partial charge in [-0.1, -0.05) is 26.0 Å². The Morgan fingerprint density at radius 3 is 2.19 bits per heavy atom. The van der Waals surface area contributed by atoms with E-state index >= 15 is 0 Å². The first kappa shape index (κ1) is 22.7. The third-order valence-corrected chi connectivity index (χ3v) is 4.37. The predicted octanol–water partition coefficient (Wildman–Crippen LogP) is 1.19. The topological polar surface area (TPSA) is 24.5 Å². The Labute approximate surface area is 157 Å². The molecule has 148 valence electrons. The number of nitrogens with one attached hydrogen (secondary N) is 1. The van der Waals surface area contributed by atoms with Gasteiger partial charge < -0.3 is 27.4 Å². The molecule has 0 aromatic heterocycles. The first-order valence-electron chi connectivity index (χ1n) is 8.59. The molecule has 0 radical (unpaired) electrons. The van der Waals surface area contributed by atoms with Crippen LogP contribution < -0.4 is 17.7 Å². The molecular weight excluding hydrogens is 372 g/mol. The van der Waals surface area contributed by atoms with Crippen molar-refractivity contribution in [3.63, 3.8) is 0 Å². The Balaban J connectivity index is 0.00000338. The van der Waals surface area contributed by atoms with Crippen molar-refractivity contribution in [3.05, 3.63) is 34.9 Å². The van der Waals surface area contributed by atoms with Crippen LogP contribution in [0.5, 0.6) is 0 Å². The molecule has 1 aliphatic rings. The van der Waals surface area contributed by atoms with Gasteiger partial charge >= 0.3 is 0 Å². The van der Waals surface area contributed by atoms with E-state index in [0.717, 1.165) is 32.0 Å². The molecule has 0 aliphatic carbocycles. The number of rotatable bonds is 8. The summed E-state index contributed by atoms with van der Waals surface area (Å²) in [4.78, 5) is 2.00. The summed E-state index contributed by atoms with van der Waals surface area (Å²) in [6.45, 7) is 6.55. The SMILES string of the molecule is CCN(CC)C/C=C/c1c(F)c(F)c(NCC2CCCO2)c(F)c1F.[Cl-]. The van der Waals surface area contributed by atoms with Crippen LogP contribution in [0.15, 0.2) is 6.08 Å². The lowest BCUT2D eigenvalue weighted by molar-refractivity contribution is -0.00000852. The second-order valence-corrected chi connectivity index (χ2v) is 5.95. The zero-order chi connectivity index (χ0) is 18.4. The maximum atomic E-state index is 14.2. The molecular formula is C18H24ClF4N2O-. The van der Waals surface area contributed by atoms with Crippen LogP contribution in [0, 0.1) is 23.3 Å². The van der Waals surface area contributed by atoms with Crippen LogP contribution in [0.3, 0.4) is 0 Å². The Morgan fingerprint density at radius 1 is 1.08 bits per heavy atom.